The molecule has 1 saturated carbocycles. The first-order valence-electron chi connectivity index (χ1n) is 6.40. The molecule has 2 nitrogen and oxygen atoms in total. The van der Waals surface area contributed by atoms with Gasteiger partial charge in [0.1, 0.15) is 0 Å². The minimum atomic E-state index is 0.598. The zero-order valence-electron chi connectivity index (χ0n) is 10.3. The Kier molecular flexibility index (Phi) is 4.36. The van der Waals surface area contributed by atoms with Gasteiger partial charge in [0.15, 0.2) is 0 Å². The van der Waals surface area contributed by atoms with Crippen LogP contribution in [0.15, 0.2) is 5.38 Å². The second-order valence-corrected chi connectivity index (χ2v) is 6.04. The molecule has 1 fully saturated rings. The van der Waals surface area contributed by atoms with E-state index in [0.717, 1.165) is 18.9 Å². The van der Waals surface area contributed by atoms with Crippen molar-refractivity contribution in [3.8, 4) is 0 Å². The smallest absolute Gasteiger partial charge is 0.0931 e. The molecule has 0 atom stereocenters. The van der Waals surface area contributed by atoms with E-state index in [1.807, 2.05) is 11.3 Å². The van der Waals surface area contributed by atoms with Gasteiger partial charge >= 0.3 is 0 Å². The fraction of sp³-hybridized carbons (Fsp3) is 0.769. The Hall–Kier alpha value is -0.410. The third-order valence-corrected chi connectivity index (χ3v) is 3.84. The number of nitrogens with zero attached hydrogens (tertiary/aromatic N) is 1. The van der Waals surface area contributed by atoms with Crippen LogP contribution in [-0.4, -0.2) is 17.6 Å². The van der Waals surface area contributed by atoms with Crippen molar-refractivity contribution >= 4 is 11.3 Å². The average Bonchev–Trinajstić information content (AvgIpc) is 2.92. The van der Waals surface area contributed by atoms with Crippen molar-refractivity contribution in [1.29, 1.82) is 0 Å². The minimum absolute atomic E-state index is 0.598. The van der Waals surface area contributed by atoms with Crippen LogP contribution in [0.3, 0.4) is 0 Å². The summed E-state index contributed by atoms with van der Waals surface area (Å²) in [4.78, 5) is 4.70. The molecule has 0 amide bonds. The number of aromatic nitrogens is 1. The van der Waals surface area contributed by atoms with Crippen molar-refractivity contribution < 1.29 is 0 Å². The molecule has 1 aromatic heterocycles. The highest BCUT2D eigenvalue weighted by molar-refractivity contribution is 7.09. The number of thiazole rings is 1. The Morgan fingerprint density at radius 3 is 3.00 bits per heavy atom. The summed E-state index contributed by atoms with van der Waals surface area (Å²) in [5.41, 5.74) is 1.30. The number of rotatable bonds is 7. The quantitative estimate of drug-likeness (QED) is 0.739. The number of aryl methyl sites for hydroxylation is 1. The Labute approximate surface area is 102 Å². The van der Waals surface area contributed by atoms with Gasteiger partial charge in [-0.05, 0) is 38.1 Å². The summed E-state index contributed by atoms with van der Waals surface area (Å²) in [5.74, 6) is 0.960. The monoisotopic (exact) mass is 238 g/mol. The molecule has 0 bridgehead atoms. The van der Waals surface area contributed by atoms with Gasteiger partial charge in [-0.3, -0.25) is 0 Å². The molecule has 3 heteroatoms. The van der Waals surface area contributed by atoms with Gasteiger partial charge in [0, 0.05) is 17.8 Å². The summed E-state index contributed by atoms with van der Waals surface area (Å²) in [7, 11) is 0. The first-order valence-corrected chi connectivity index (χ1v) is 7.28. The Morgan fingerprint density at radius 1 is 1.50 bits per heavy atom. The molecular formula is C13H22N2S. The van der Waals surface area contributed by atoms with Crippen LogP contribution in [0, 0.1) is 5.92 Å². The average molecular weight is 238 g/mol. The Morgan fingerprint density at radius 2 is 2.31 bits per heavy atom. The Balaban J connectivity index is 1.66. The maximum atomic E-state index is 4.70. The lowest BCUT2D eigenvalue weighted by Crippen LogP contribution is -2.23. The van der Waals surface area contributed by atoms with Crippen molar-refractivity contribution in [2.75, 3.05) is 6.54 Å². The number of hydrogen-bond acceptors (Lipinski definition) is 3. The summed E-state index contributed by atoms with van der Waals surface area (Å²) in [6.45, 7) is 5.49. The molecule has 2 rings (SSSR count). The number of hydrogen-bond donors (Lipinski definition) is 1. The molecule has 0 radical (unpaired) electrons. The molecule has 1 aromatic rings. The Bertz CT molecular complexity index is 315. The summed E-state index contributed by atoms with van der Waals surface area (Å²) in [6.07, 6.45) is 6.40. The lowest BCUT2D eigenvalue weighted by Gasteiger charge is -2.06. The van der Waals surface area contributed by atoms with Gasteiger partial charge in [-0.15, -0.1) is 11.3 Å². The molecule has 0 saturated heterocycles. The highest BCUT2D eigenvalue weighted by Gasteiger charge is 2.22. The van der Waals surface area contributed by atoms with Crippen LogP contribution in [0.1, 0.15) is 43.8 Å². The second kappa shape index (κ2) is 5.78. The first kappa shape index (κ1) is 12.1. The van der Waals surface area contributed by atoms with Crippen molar-refractivity contribution in [2.24, 2.45) is 5.92 Å². The third-order valence-electron chi connectivity index (χ3n) is 2.92. The van der Waals surface area contributed by atoms with Crippen LogP contribution in [0.4, 0.5) is 0 Å². The van der Waals surface area contributed by atoms with E-state index in [1.165, 1.54) is 36.4 Å². The maximum absolute atomic E-state index is 4.70. The van der Waals surface area contributed by atoms with Crippen LogP contribution in [-0.2, 0) is 12.8 Å². The molecule has 1 N–H and O–H groups in total. The van der Waals surface area contributed by atoms with E-state index in [4.69, 9.17) is 4.98 Å². The SMILES string of the molecule is CC(C)NCCCc1csc(CC2CC2)n1. The highest BCUT2D eigenvalue weighted by Crippen LogP contribution is 2.33. The van der Waals surface area contributed by atoms with Crippen LogP contribution in [0.25, 0.3) is 0 Å². The lowest BCUT2D eigenvalue weighted by atomic mass is 10.2. The molecule has 0 unspecified atom stereocenters. The molecule has 1 aliphatic carbocycles. The maximum Gasteiger partial charge on any atom is 0.0931 e. The fourth-order valence-corrected chi connectivity index (χ4v) is 2.73. The molecule has 16 heavy (non-hydrogen) atoms. The molecule has 0 aromatic carbocycles. The normalized spacial score (nSPS) is 15.9. The second-order valence-electron chi connectivity index (χ2n) is 5.09. The van der Waals surface area contributed by atoms with E-state index < -0.39 is 0 Å². The molecule has 90 valence electrons. The van der Waals surface area contributed by atoms with Gasteiger partial charge in [0.05, 0.1) is 10.7 Å². The van der Waals surface area contributed by atoms with E-state index in [0.29, 0.717) is 6.04 Å². The standard InChI is InChI=1S/C13H22N2S/c1-10(2)14-7-3-4-12-9-16-13(15-12)8-11-5-6-11/h9-11,14H,3-8H2,1-2H3. The van der Waals surface area contributed by atoms with Gasteiger partial charge in [-0.2, -0.15) is 0 Å². The molecule has 0 spiro atoms. The van der Waals surface area contributed by atoms with Gasteiger partial charge in [-0.25, -0.2) is 4.98 Å². The largest absolute Gasteiger partial charge is 0.315 e. The zero-order valence-corrected chi connectivity index (χ0v) is 11.1. The van der Waals surface area contributed by atoms with Crippen LogP contribution in [0.2, 0.25) is 0 Å². The summed E-state index contributed by atoms with van der Waals surface area (Å²) in [6, 6.07) is 0.598. The van der Waals surface area contributed by atoms with E-state index in [9.17, 15) is 0 Å². The van der Waals surface area contributed by atoms with E-state index in [1.54, 1.807) is 0 Å². The number of nitrogens with one attached hydrogen (secondary N) is 1. The van der Waals surface area contributed by atoms with E-state index >= 15 is 0 Å². The molecule has 1 aliphatic rings. The van der Waals surface area contributed by atoms with Crippen LogP contribution < -0.4 is 5.32 Å². The van der Waals surface area contributed by atoms with E-state index in [-0.39, 0.29) is 0 Å². The molecule has 1 heterocycles. The lowest BCUT2D eigenvalue weighted by molar-refractivity contribution is 0.568. The topological polar surface area (TPSA) is 24.9 Å². The highest BCUT2D eigenvalue weighted by atomic mass is 32.1. The van der Waals surface area contributed by atoms with Crippen molar-refractivity contribution in [3.63, 3.8) is 0 Å². The van der Waals surface area contributed by atoms with E-state index in [2.05, 4.69) is 24.5 Å². The molecular weight excluding hydrogens is 216 g/mol. The molecule has 0 aliphatic heterocycles. The van der Waals surface area contributed by atoms with Crippen LogP contribution in [0.5, 0.6) is 0 Å². The summed E-state index contributed by atoms with van der Waals surface area (Å²) < 4.78 is 0. The van der Waals surface area contributed by atoms with Gasteiger partial charge < -0.3 is 5.32 Å². The van der Waals surface area contributed by atoms with Crippen molar-refractivity contribution in [2.45, 2.75) is 52.0 Å². The first-order chi connectivity index (χ1) is 7.74. The predicted molar refractivity (Wildman–Crippen MR) is 70.0 cm³/mol. The fourth-order valence-electron chi connectivity index (χ4n) is 1.79. The third kappa shape index (κ3) is 4.22. The summed E-state index contributed by atoms with van der Waals surface area (Å²) >= 11 is 1.85. The summed E-state index contributed by atoms with van der Waals surface area (Å²) in [5, 5.41) is 7.04. The van der Waals surface area contributed by atoms with Crippen LogP contribution >= 0.6 is 11.3 Å². The van der Waals surface area contributed by atoms with Crippen molar-refractivity contribution in [3.05, 3.63) is 16.1 Å². The van der Waals surface area contributed by atoms with Gasteiger partial charge in [-0.1, -0.05) is 13.8 Å². The van der Waals surface area contributed by atoms with Gasteiger partial charge in [0.2, 0.25) is 0 Å². The zero-order chi connectivity index (χ0) is 11.4. The van der Waals surface area contributed by atoms with Crippen molar-refractivity contribution in [1.82, 2.24) is 10.3 Å². The predicted octanol–water partition coefficient (Wildman–Crippen LogP) is 3.03. The minimum Gasteiger partial charge on any atom is -0.315 e. The van der Waals surface area contributed by atoms with Gasteiger partial charge in [0.25, 0.3) is 0 Å².